The first-order chi connectivity index (χ1) is 20.1. The number of halogens is 4. The minimum Gasteiger partial charge on any atom is -0.468 e. The molecule has 0 aliphatic rings. The number of pyridine rings is 1. The number of unbranched alkanes of at least 4 members (excludes halogenated alkanes) is 2. The molecule has 3 aromatic rings. The van der Waals surface area contributed by atoms with Gasteiger partial charge in [-0.2, -0.15) is 0 Å². The molecule has 1 heterocycles. The topological polar surface area (TPSA) is 48.3 Å². The molecular formula is C32H33F4NO3S2. The lowest BCUT2D eigenvalue weighted by molar-refractivity contribution is -0.141. The van der Waals surface area contributed by atoms with Crippen LogP contribution in [-0.2, 0) is 33.3 Å². The molecule has 42 heavy (non-hydrogen) atoms. The Labute approximate surface area is 251 Å². The molecule has 0 fully saturated rings. The number of hydrogen-bond acceptors (Lipinski definition) is 4. The third kappa shape index (κ3) is 9.36. The summed E-state index contributed by atoms with van der Waals surface area (Å²) in [6.07, 6.45) is 0.705. The van der Waals surface area contributed by atoms with Gasteiger partial charge in [0.25, 0.3) is 0 Å². The zero-order valence-electron chi connectivity index (χ0n) is 23.5. The third-order valence-corrected chi connectivity index (χ3v) is 8.35. The van der Waals surface area contributed by atoms with Crippen LogP contribution in [0.15, 0.2) is 65.8 Å². The highest BCUT2D eigenvalue weighted by Gasteiger charge is 2.39. The minimum absolute atomic E-state index is 0.00147. The fraction of sp³-hybridized carbons (Fsp3) is 0.375. The molecule has 2 aromatic carbocycles. The second-order valence-corrected chi connectivity index (χ2v) is 11.6. The minimum atomic E-state index is -3.97. The van der Waals surface area contributed by atoms with Gasteiger partial charge in [0, 0.05) is 53.4 Å². The van der Waals surface area contributed by atoms with Crippen molar-refractivity contribution in [3.05, 3.63) is 71.0 Å². The van der Waals surface area contributed by atoms with E-state index in [0.29, 0.717) is 35.1 Å². The van der Waals surface area contributed by atoms with E-state index in [-0.39, 0.29) is 18.7 Å². The molecule has 0 saturated heterocycles. The Balaban J connectivity index is 1.80. The van der Waals surface area contributed by atoms with Crippen LogP contribution in [0, 0.1) is 16.4 Å². The lowest BCUT2D eigenvalue weighted by atomic mass is 9.99. The summed E-state index contributed by atoms with van der Waals surface area (Å²) < 4.78 is 70.8. The quantitative estimate of drug-likeness (QED) is 0.0636. The van der Waals surface area contributed by atoms with Gasteiger partial charge in [-0.25, -0.2) is 17.6 Å². The van der Waals surface area contributed by atoms with E-state index in [0.717, 1.165) is 27.8 Å². The summed E-state index contributed by atoms with van der Waals surface area (Å²) in [6, 6.07) is 15.4. The van der Waals surface area contributed by atoms with Gasteiger partial charge in [-0.05, 0) is 48.1 Å². The van der Waals surface area contributed by atoms with Gasteiger partial charge in [-0.15, -0.1) is 11.8 Å². The van der Waals surface area contributed by atoms with Crippen LogP contribution in [0.25, 0.3) is 22.3 Å². The van der Waals surface area contributed by atoms with Gasteiger partial charge in [-0.3, -0.25) is 9.00 Å². The number of methoxy groups -OCH3 is 1. The van der Waals surface area contributed by atoms with E-state index in [1.807, 2.05) is 61.7 Å². The number of nitrogens with zero attached hydrogens (tertiary/aromatic N) is 1. The lowest BCUT2D eigenvalue weighted by Gasteiger charge is -2.15. The molecule has 0 amide bonds. The standard InChI is InChI=1S/C32H33F4NO3S2/c1-3-23-17-25(19-26(18-23)42(39)16-12-7-5-4-6-11-15-32(35,36)31(33)34)28-21-37(22-29(38)40-2)20-27(30(28)41)24-13-9-8-10-14-24/h8-10,13-14,17-21,31H,3-4,6,11-12,15-16,22H2,1-2H3. The zero-order valence-corrected chi connectivity index (χ0v) is 25.1. The molecule has 1 atom stereocenters. The predicted octanol–water partition coefficient (Wildman–Crippen LogP) is 8.25. The number of carbonyl (C=O) groups is 1. The molecular weight excluding hydrogens is 586 g/mol. The Bertz CT molecular complexity index is 1510. The van der Waals surface area contributed by atoms with E-state index in [9.17, 15) is 26.6 Å². The highest BCUT2D eigenvalue weighted by atomic mass is 32.2. The molecule has 0 saturated carbocycles. The number of hydrogen-bond donors (Lipinski definition) is 0. The molecule has 1 aromatic heterocycles. The molecule has 224 valence electrons. The summed E-state index contributed by atoms with van der Waals surface area (Å²) in [4.78, 5) is 12.7. The molecule has 1 unspecified atom stereocenters. The van der Waals surface area contributed by atoms with Crippen LogP contribution in [0.2, 0.25) is 0 Å². The molecule has 0 aliphatic carbocycles. The monoisotopic (exact) mass is 619 g/mol. The van der Waals surface area contributed by atoms with E-state index < -0.39 is 35.5 Å². The normalized spacial score (nSPS) is 12.1. The van der Waals surface area contributed by atoms with Crippen molar-refractivity contribution >= 4 is 29.0 Å². The fourth-order valence-electron chi connectivity index (χ4n) is 4.24. The van der Waals surface area contributed by atoms with Crippen molar-refractivity contribution in [2.75, 3.05) is 12.9 Å². The van der Waals surface area contributed by atoms with Crippen LogP contribution < -0.4 is 0 Å². The zero-order chi connectivity index (χ0) is 30.7. The number of aryl methyl sites for hydroxylation is 1. The second-order valence-electron chi connectivity index (χ2n) is 9.67. The Kier molecular flexibility index (Phi) is 12.5. The van der Waals surface area contributed by atoms with E-state index in [1.54, 1.807) is 10.8 Å². The largest absolute Gasteiger partial charge is 0.468 e. The Hall–Kier alpha value is -3.29. The molecule has 0 bridgehead atoms. The number of rotatable bonds is 13. The van der Waals surface area contributed by atoms with Gasteiger partial charge in [0.15, 0.2) is 0 Å². The fourth-order valence-corrected chi connectivity index (χ4v) is 5.64. The highest BCUT2D eigenvalue weighted by Crippen LogP contribution is 2.32. The third-order valence-electron chi connectivity index (χ3n) is 6.57. The van der Waals surface area contributed by atoms with Crippen LogP contribution >= 0.6 is 12.2 Å². The molecule has 10 heteroatoms. The maximum atomic E-state index is 13.2. The molecule has 0 aliphatic heterocycles. The van der Waals surface area contributed by atoms with E-state index in [1.165, 1.54) is 7.11 Å². The van der Waals surface area contributed by atoms with Crippen LogP contribution in [-0.4, -0.2) is 40.0 Å². The first-order valence-corrected chi connectivity index (χ1v) is 15.3. The summed E-state index contributed by atoms with van der Waals surface area (Å²) in [5.74, 6) is 1.66. The number of ether oxygens (including phenoxy) is 1. The lowest BCUT2D eigenvalue weighted by Crippen LogP contribution is -2.25. The number of benzene rings is 2. The molecule has 0 spiro atoms. The highest BCUT2D eigenvalue weighted by molar-refractivity contribution is 7.85. The second kappa shape index (κ2) is 15.8. The Morgan fingerprint density at radius 3 is 2.33 bits per heavy atom. The van der Waals surface area contributed by atoms with E-state index >= 15 is 0 Å². The van der Waals surface area contributed by atoms with Crippen molar-refractivity contribution in [2.45, 2.75) is 69.2 Å². The van der Waals surface area contributed by atoms with Crippen molar-refractivity contribution in [3.8, 4) is 34.1 Å². The molecule has 3 rings (SSSR count). The summed E-state index contributed by atoms with van der Waals surface area (Å²) in [7, 11) is -0.0374. The Morgan fingerprint density at radius 2 is 1.69 bits per heavy atom. The SMILES string of the molecule is CCc1cc(-c2cn(CC(=O)OC)cc(-c3ccccc3)c2=S)cc(S(=O)CCC#CCCCCC(F)(F)C(F)F)c1. The first-order valence-electron chi connectivity index (χ1n) is 13.6. The van der Waals surface area contributed by atoms with Crippen molar-refractivity contribution in [1.82, 2.24) is 4.57 Å². The van der Waals surface area contributed by atoms with Gasteiger partial charge < -0.3 is 9.30 Å². The maximum Gasteiger partial charge on any atom is 0.325 e. The first kappa shape index (κ1) is 33.2. The smallest absolute Gasteiger partial charge is 0.325 e. The summed E-state index contributed by atoms with van der Waals surface area (Å²) in [5.41, 5.74) is 4.16. The molecule has 0 radical (unpaired) electrons. The van der Waals surface area contributed by atoms with Gasteiger partial charge >= 0.3 is 18.3 Å². The number of carbonyl (C=O) groups excluding carboxylic acids is 1. The van der Waals surface area contributed by atoms with Crippen LogP contribution in [0.1, 0.15) is 44.6 Å². The van der Waals surface area contributed by atoms with Gasteiger partial charge in [0.1, 0.15) is 6.54 Å². The number of alkyl halides is 4. The van der Waals surface area contributed by atoms with Crippen molar-refractivity contribution < 1.29 is 31.3 Å². The molecule has 4 nitrogen and oxygen atoms in total. The predicted molar refractivity (Wildman–Crippen MR) is 161 cm³/mol. The van der Waals surface area contributed by atoms with Crippen molar-refractivity contribution in [3.63, 3.8) is 0 Å². The van der Waals surface area contributed by atoms with Gasteiger partial charge in [0.05, 0.1) is 22.4 Å². The average Bonchev–Trinajstić information content (AvgIpc) is 2.99. The van der Waals surface area contributed by atoms with Gasteiger partial charge in [-0.1, -0.05) is 55.5 Å². The van der Waals surface area contributed by atoms with E-state index in [2.05, 4.69) is 11.8 Å². The van der Waals surface area contributed by atoms with Gasteiger partial charge in [0.2, 0.25) is 0 Å². The van der Waals surface area contributed by atoms with Crippen LogP contribution in [0.5, 0.6) is 0 Å². The summed E-state index contributed by atoms with van der Waals surface area (Å²) >= 11 is 5.91. The Morgan fingerprint density at radius 1 is 1.02 bits per heavy atom. The summed E-state index contributed by atoms with van der Waals surface area (Å²) in [6.45, 7) is 2.00. The summed E-state index contributed by atoms with van der Waals surface area (Å²) in [5, 5.41) is 0. The molecule has 0 N–H and O–H groups in total. The average molecular weight is 620 g/mol. The van der Waals surface area contributed by atoms with E-state index in [4.69, 9.17) is 17.0 Å². The van der Waals surface area contributed by atoms with Crippen LogP contribution in [0.4, 0.5) is 17.6 Å². The van der Waals surface area contributed by atoms with Crippen molar-refractivity contribution in [2.24, 2.45) is 0 Å². The number of esters is 1. The number of aromatic nitrogens is 1. The van der Waals surface area contributed by atoms with Crippen LogP contribution in [0.3, 0.4) is 0 Å². The van der Waals surface area contributed by atoms with Crippen molar-refractivity contribution in [1.29, 1.82) is 0 Å². The maximum absolute atomic E-state index is 13.2.